The van der Waals surface area contributed by atoms with Crippen LogP contribution in [0.4, 0.5) is 24.0 Å². The molecular weight excluding hydrogens is 561 g/mol. The Morgan fingerprint density at radius 1 is 1.22 bits per heavy atom. The molecule has 2 aliphatic rings. The molecule has 2 aromatic heterocycles. The van der Waals surface area contributed by atoms with E-state index in [1.807, 2.05) is 0 Å². The topological polar surface area (TPSA) is 85.2 Å². The molecule has 0 saturated carbocycles. The highest BCUT2D eigenvalue weighted by molar-refractivity contribution is 9.10. The third-order valence-electron chi connectivity index (χ3n) is 6.48. The van der Waals surface area contributed by atoms with Crippen LogP contribution < -0.4 is 10.6 Å². The van der Waals surface area contributed by atoms with Crippen LogP contribution in [0.2, 0.25) is 0 Å². The number of methoxy groups -OCH3 is 1. The smallest absolute Gasteiger partial charge is 0.410 e. The van der Waals surface area contributed by atoms with Crippen molar-refractivity contribution in [1.29, 1.82) is 0 Å². The summed E-state index contributed by atoms with van der Waals surface area (Å²) >= 11 is 4.64. The molecule has 0 saturated heterocycles. The second-order valence-electron chi connectivity index (χ2n) is 8.76. The number of nitrogens with zero attached hydrogens (tertiary/aromatic N) is 2. The van der Waals surface area contributed by atoms with Crippen molar-refractivity contribution in [1.82, 2.24) is 9.78 Å². The number of esters is 1. The van der Waals surface area contributed by atoms with Crippen molar-refractivity contribution in [3.63, 3.8) is 0 Å². The molecule has 1 aliphatic heterocycles. The Kier molecular flexibility index (Phi) is 6.58. The summed E-state index contributed by atoms with van der Waals surface area (Å²) in [6.45, 7) is 0. The van der Waals surface area contributed by atoms with Gasteiger partial charge >= 0.3 is 12.1 Å². The van der Waals surface area contributed by atoms with Gasteiger partial charge in [0.05, 0.1) is 18.7 Å². The van der Waals surface area contributed by atoms with E-state index in [1.165, 1.54) is 24.5 Å². The minimum Gasteiger partial charge on any atom is -0.465 e. The number of alkyl halides is 3. The number of hydrogen-bond donors (Lipinski definition) is 2. The number of amides is 1. The van der Waals surface area contributed by atoms with E-state index < -0.39 is 30.1 Å². The van der Waals surface area contributed by atoms with Crippen molar-refractivity contribution in [2.45, 2.75) is 50.4 Å². The standard InChI is InChI=1S/C24H22BrF3N4O3S/c1-35-23(34)20-14-4-2-3-5-17(14)36-22(20)30-21(33)16-11-19-29-15(12-6-8-13(25)9-7-12)10-18(24(26,27)28)32(19)31-16/h6-9,11,15,18,29H,2-5,10H2,1H3,(H,30,33)/t15-,18-/m1/s1. The zero-order chi connectivity index (χ0) is 25.6. The van der Waals surface area contributed by atoms with Gasteiger partial charge < -0.3 is 15.4 Å². The fraction of sp³-hybridized carbons (Fsp3) is 0.375. The Morgan fingerprint density at radius 2 is 1.94 bits per heavy atom. The maximum Gasteiger partial charge on any atom is 0.410 e. The second kappa shape index (κ2) is 9.55. The second-order valence-corrected chi connectivity index (χ2v) is 10.8. The molecule has 7 nitrogen and oxygen atoms in total. The van der Waals surface area contributed by atoms with Crippen LogP contribution in [-0.2, 0) is 17.6 Å². The summed E-state index contributed by atoms with van der Waals surface area (Å²) in [5, 5.41) is 10.1. The van der Waals surface area contributed by atoms with E-state index in [9.17, 15) is 22.8 Å². The summed E-state index contributed by atoms with van der Waals surface area (Å²) in [5.41, 5.74) is 1.70. The van der Waals surface area contributed by atoms with Crippen molar-refractivity contribution >= 4 is 50.0 Å². The van der Waals surface area contributed by atoms with Gasteiger partial charge in [-0.3, -0.25) is 4.79 Å². The van der Waals surface area contributed by atoms with Gasteiger partial charge in [0.1, 0.15) is 10.8 Å². The van der Waals surface area contributed by atoms with Gasteiger partial charge in [-0.2, -0.15) is 18.3 Å². The number of halogens is 4. The predicted molar refractivity (Wildman–Crippen MR) is 133 cm³/mol. The van der Waals surface area contributed by atoms with Gasteiger partial charge in [-0.25, -0.2) is 9.48 Å². The Morgan fingerprint density at radius 3 is 2.64 bits per heavy atom. The van der Waals surface area contributed by atoms with Crippen LogP contribution in [0.25, 0.3) is 0 Å². The fourth-order valence-corrected chi connectivity index (χ4v) is 6.27. The summed E-state index contributed by atoms with van der Waals surface area (Å²) in [4.78, 5) is 26.6. The Hall–Kier alpha value is -2.86. The number of thiophene rings is 1. The number of carbonyl (C=O) groups is 2. The van der Waals surface area contributed by atoms with Gasteiger partial charge in [0, 0.05) is 21.8 Å². The van der Waals surface area contributed by atoms with Gasteiger partial charge in [0.15, 0.2) is 11.7 Å². The Balaban J connectivity index is 1.46. The molecule has 2 atom stereocenters. The molecular formula is C24H22BrF3N4O3S. The molecule has 3 aromatic rings. The Bertz CT molecular complexity index is 1320. The maximum atomic E-state index is 14.0. The molecule has 12 heteroatoms. The highest BCUT2D eigenvalue weighted by Gasteiger charge is 2.47. The fourth-order valence-electron chi connectivity index (χ4n) is 4.74. The molecule has 36 heavy (non-hydrogen) atoms. The van der Waals surface area contributed by atoms with Gasteiger partial charge in [-0.15, -0.1) is 11.3 Å². The zero-order valence-corrected chi connectivity index (χ0v) is 21.5. The first kappa shape index (κ1) is 24.8. The van der Waals surface area contributed by atoms with Crippen molar-refractivity contribution < 1.29 is 27.5 Å². The van der Waals surface area contributed by atoms with Crippen molar-refractivity contribution in [3.8, 4) is 0 Å². The SMILES string of the molecule is COC(=O)c1c(NC(=O)c2cc3n(n2)[C@@H](C(F)(F)F)C[C@H](c2ccc(Br)cc2)N3)sc2c1CCCC2. The van der Waals surface area contributed by atoms with E-state index in [2.05, 4.69) is 31.7 Å². The number of carbonyl (C=O) groups excluding carboxylic acids is 2. The average Bonchev–Trinajstić information content (AvgIpc) is 3.44. The number of benzene rings is 1. The third-order valence-corrected chi connectivity index (χ3v) is 8.22. The summed E-state index contributed by atoms with van der Waals surface area (Å²) in [6.07, 6.45) is -1.41. The molecule has 0 unspecified atom stereocenters. The van der Waals surface area contributed by atoms with Crippen LogP contribution in [0.5, 0.6) is 0 Å². The number of hydrogen-bond acceptors (Lipinski definition) is 6. The molecule has 1 aliphatic carbocycles. The van der Waals surface area contributed by atoms with E-state index in [0.717, 1.165) is 38.9 Å². The zero-order valence-electron chi connectivity index (χ0n) is 19.1. The number of aromatic nitrogens is 2. The summed E-state index contributed by atoms with van der Waals surface area (Å²) in [7, 11) is 1.27. The molecule has 3 heterocycles. The van der Waals surface area contributed by atoms with E-state index in [4.69, 9.17) is 4.74 Å². The van der Waals surface area contributed by atoms with Crippen molar-refractivity contribution in [2.75, 3.05) is 17.7 Å². The molecule has 0 radical (unpaired) electrons. The molecule has 2 N–H and O–H groups in total. The van der Waals surface area contributed by atoms with Crippen LogP contribution in [0.3, 0.4) is 0 Å². The average molecular weight is 583 g/mol. The lowest BCUT2D eigenvalue weighted by Gasteiger charge is -2.33. The maximum absolute atomic E-state index is 14.0. The van der Waals surface area contributed by atoms with E-state index in [0.29, 0.717) is 22.5 Å². The lowest BCUT2D eigenvalue weighted by Crippen LogP contribution is -2.35. The van der Waals surface area contributed by atoms with Gasteiger partial charge in [-0.05, 0) is 48.9 Å². The number of fused-ring (bicyclic) bond motifs is 2. The molecule has 1 amide bonds. The molecule has 5 rings (SSSR count). The van der Waals surface area contributed by atoms with Crippen LogP contribution in [0.1, 0.15) is 68.2 Å². The monoisotopic (exact) mass is 582 g/mol. The normalized spacial score (nSPS) is 19.1. The Labute approximate surface area is 217 Å². The number of anilines is 2. The van der Waals surface area contributed by atoms with Gasteiger partial charge in [0.25, 0.3) is 5.91 Å². The predicted octanol–water partition coefficient (Wildman–Crippen LogP) is 6.29. The summed E-state index contributed by atoms with van der Waals surface area (Å²) in [6, 6.07) is 5.84. The van der Waals surface area contributed by atoms with Crippen LogP contribution >= 0.6 is 27.3 Å². The first-order valence-corrected chi connectivity index (χ1v) is 13.0. The lowest BCUT2D eigenvalue weighted by molar-refractivity contribution is -0.173. The van der Waals surface area contributed by atoms with E-state index in [-0.39, 0.29) is 17.9 Å². The molecule has 0 bridgehead atoms. The third kappa shape index (κ3) is 4.63. The lowest BCUT2D eigenvalue weighted by atomic mass is 9.95. The highest BCUT2D eigenvalue weighted by Crippen LogP contribution is 2.44. The van der Waals surface area contributed by atoms with Crippen LogP contribution in [0, 0.1) is 0 Å². The van der Waals surface area contributed by atoms with E-state index in [1.54, 1.807) is 24.3 Å². The first-order valence-electron chi connectivity index (χ1n) is 11.4. The summed E-state index contributed by atoms with van der Waals surface area (Å²) in [5.74, 6) is -1.14. The number of nitrogens with one attached hydrogen (secondary N) is 2. The number of ether oxygens (including phenoxy) is 1. The van der Waals surface area contributed by atoms with Gasteiger partial charge in [0.2, 0.25) is 0 Å². The molecule has 1 aromatic carbocycles. The van der Waals surface area contributed by atoms with Crippen LogP contribution in [0.15, 0.2) is 34.8 Å². The summed E-state index contributed by atoms with van der Waals surface area (Å²) < 4.78 is 48.6. The molecule has 0 fully saturated rings. The minimum absolute atomic E-state index is 0.0975. The molecule has 0 spiro atoms. The van der Waals surface area contributed by atoms with Crippen molar-refractivity contribution in [2.24, 2.45) is 0 Å². The number of rotatable bonds is 4. The quantitative estimate of drug-likeness (QED) is 0.353. The van der Waals surface area contributed by atoms with E-state index >= 15 is 0 Å². The number of aryl methyl sites for hydroxylation is 1. The van der Waals surface area contributed by atoms with Crippen LogP contribution in [-0.4, -0.2) is 34.9 Å². The van der Waals surface area contributed by atoms with Gasteiger partial charge in [-0.1, -0.05) is 28.1 Å². The first-order chi connectivity index (χ1) is 17.2. The highest BCUT2D eigenvalue weighted by atomic mass is 79.9. The minimum atomic E-state index is -4.56. The largest absolute Gasteiger partial charge is 0.465 e. The molecule has 190 valence electrons. The van der Waals surface area contributed by atoms with Crippen molar-refractivity contribution in [3.05, 3.63) is 62.1 Å².